The Morgan fingerprint density at radius 2 is 1.56 bits per heavy atom. The molecule has 0 N–H and O–H groups in total. The average Bonchev–Trinajstić information content (AvgIpc) is 2.31. The zero-order valence-corrected chi connectivity index (χ0v) is 11.5. The third-order valence-corrected chi connectivity index (χ3v) is 4.86. The Bertz CT molecular complexity index is 474. The third-order valence-electron chi connectivity index (χ3n) is 2.24. The minimum atomic E-state index is 0.256. The number of rotatable bonds is 3. The van der Waals surface area contributed by atoms with E-state index in [1.54, 1.807) is 0 Å². The van der Waals surface area contributed by atoms with Gasteiger partial charge in [-0.25, -0.2) is 0 Å². The Kier molecular flexibility index (Phi) is 3.89. The number of hydrogen-bond acceptors (Lipinski definition) is 1. The van der Waals surface area contributed by atoms with Gasteiger partial charge in [-0.2, -0.15) is 0 Å². The first kappa shape index (κ1) is 11.5. The molecule has 0 spiro atoms. The van der Waals surface area contributed by atoms with Gasteiger partial charge in [-0.05, 0) is 0 Å². The van der Waals surface area contributed by atoms with Gasteiger partial charge in [0.1, 0.15) is 0 Å². The second-order valence-electron chi connectivity index (χ2n) is 3.57. The van der Waals surface area contributed by atoms with Gasteiger partial charge >= 0.3 is 108 Å². The van der Waals surface area contributed by atoms with E-state index in [0.717, 1.165) is 3.76 Å². The summed E-state index contributed by atoms with van der Waals surface area (Å²) in [4.78, 5) is 0. The molecule has 0 aromatic heterocycles. The van der Waals surface area contributed by atoms with Gasteiger partial charge in [0.25, 0.3) is 0 Å². The van der Waals surface area contributed by atoms with Crippen LogP contribution < -0.4 is 4.46 Å². The molecule has 0 bridgehead atoms. The molecule has 0 unspecified atom stereocenters. The zero-order valence-electron chi connectivity index (χ0n) is 9.01. The molecule has 0 atom stereocenters. The fraction of sp³-hybridized carbons (Fsp3) is 0.0714. The second-order valence-corrected chi connectivity index (χ2v) is 6.83. The van der Waals surface area contributed by atoms with E-state index in [1.807, 2.05) is 6.07 Å². The Labute approximate surface area is 108 Å². The summed E-state index contributed by atoms with van der Waals surface area (Å²) in [5.41, 5.74) is 2.46. The molecule has 0 amide bonds. The van der Waals surface area contributed by atoms with Gasteiger partial charge in [0.15, 0.2) is 0 Å². The van der Waals surface area contributed by atoms with E-state index in [2.05, 4.69) is 55.5 Å². The van der Waals surface area contributed by atoms with E-state index < -0.39 is 0 Å². The zero-order chi connectivity index (χ0) is 11.4. The maximum absolute atomic E-state index is 5.47. The van der Waals surface area contributed by atoms with E-state index in [0.29, 0.717) is 0 Å². The van der Waals surface area contributed by atoms with Crippen LogP contribution in [0.3, 0.4) is 0 Å². The van der Waals surface area contributed by atoms with Crippen molar-refractivity contribution in [1.29, 1.82) is 0 Å². The summed E-state index contributed by atoms with van der Waals surface area (Å²) in [5.74, 6) is 0. The van der Waals surface area contributed by atoms with Crippen molar-refractivity contribution in [3.05, 3.63) is 65.7 Å². The van der Waals surface area contributed by atoms with E-state index in [9.17, 15) is 0 Å². The van der Waals surface area contributed by atoms with E-state index in [1.165, 1.54) is 15.6 Å². The summed E-state index contributed by atoms with van der Waals surface area (Å²) in [5, 5.41) is 0. The number of aryl methyl sites for hydroxylation is 1. The average molecular weight is 291 g/mol. The third kappa shape index (κ3) is 3.02. The van der Waals surface area contributed by atoms with Gasteiger partial charge < -0.3 is 0 Å². The molecule has 2 heteroatoms. The summed E-state index contributed by atoms with van der Waals surface area (Å²) in [7, 11) is 0. The van der Waals surface area contributed by atoms with Crippen molar-refractivity contribution < 1.29 is 0 Å². The Morgan fingerprint density at radius 1 is 0.938 bits per heavy atom. The quantitative estimate of drug-likeness (QED) is 0.619. The first-order valence-corrected chi connectivity index (χ1v) is 7.22. The molecule has 2 aromatic carbocycles. The first-order chi connectivity index (χ1) is 7.75. The summed E-state index contributed by atoms with van der Waals surface area (Å²) in [6, 6.07) is 18.9. The van der Waals surface area contributed by atoms with E-state index in [4.69, 9.17) is 12.2 Å². The first-order valence-electron chi connectivity index (χ1n) is 5.09. The monoisotopic (exact) mass is 292 g/mol. The molecule has 0 heterocycles. The predicted molar refractivity (Wildman–Crippen MR) is 74.7 cm³/mol. The number of hydrogen-bond donors (Lipinski definition) is 0. The van der Waals surface area contributed by atoms with E-state index >= 15 is 0 Å². The molecule has 2 rings (SSSR count). The molecule has 0 aliphatic carbocycles. The Hall–Kier alpha value is -0.951. The van der Waals surface area contributed by atoms with Gasteiger partial charge in [-0.3, -0.25) is 0 Å². The number of thiocarbonyl (C=S) groups is 1. The molecular weight excluding hydrogens is 279 g/mol. The van der Waals surface area contributed by atoms with Crippen LogP contribution in [0.2, 0.25) is 0 Å². The summed E-state index contributed by atoms with van der Waals surface area (Å²) in [6.07, 6.45) is 0. The van der Waals surface area contributed by atoms with Crippen LogP contribution in [-0.4, -0.2) is 18.7 Å². The molecule has 0 fully saturated rings. The van der Waals surface area contributed by atoms with Crippen LogP contribution in [0.5, 0.6) is 0 Å². The maximum atomic E-state index is 5.47. The molecule has 0 aliphatic rings. The van der Waals surface area contributed by atoms with Crippen molar-refractivity contribution in [3.63, 3.8) is 0 Å². The van der Waals surface area contributed by atoms with Crippen LogP contribution in [0.15, 0.2) is 54.6 Å². The molecular formula is C14H12SSe. The number of benzene rings is 2. The fourth-order valence-corrected chi connectivity index (χ4v) is 3.58. The van der Waals surface area contributed by atoms with Gasteiger partial charge in [-0.1, -0.05) is 0 Å². The van der Waals surface area contributed by atoms with Crippen molar-refractivity contribution in [2.24, 2.45) is 0 Å². The SMILES string of the molecule is Cc1ccc(C(=S)[Se]c2ccccc2)cc1. The molecule has 0 saturated carbocycles. The molecule has 0 aliphatic heterocycles. The van der Waals surface area contributed by atoms with Crippen LogP contribution in [0.25, 0.3) is 0 Å². The molecule has 0 nitrogen and oxygen atoms in total. The van der Waals surface area contributed by atoms with Crippen molar-refractivity contribution in [1.82, 2.24) is 0 Å². The van der Waals surface area contributed by atoms with Crippen LogP contribution in [0.4, 0.5) is 0 Å². The van der Waals surface area contributed by atoms with Gasteiger partial charge in [0.05, 0.1) is 0 Å². The van der Waals surface area contributed by atoms with Gasteiger partial charge in [-0.15, -0.1) is 0 Å². The standard InChI is InChI=1S/C14H12SSe/c1-11-7-9-12(10-8-11)14(15)16-13-5-3-2-4-6-13/h2-10H,1H3. The topological polar surface area (TPSA) is 0 Å². The van der Waals surface area contributed by atoms with Gasteiger partial charge in [0, 0.05) is 0 Å². The molecule has 16 heavy (non-hydrogen) atoms. The molecule has 0 saturated heterocycles. The van der Waals surface area contributed by atoms with Crippen molar-refractivity contribution >= 4 is 35.4 Å². The summed E-state index contributed by atoms with van der Waals surface area (Å²) in [6.45, 7) is 2.09. The van der Waals surface area contributed by atoms with Crippen molar-refractivity contribution in [2.45, 2.75) is 6.92 Å². The normalized spacial score (nSPS) is 10.1. The summed E-state index contributed by atoms with van der Waals surface area (Å²) >= 11 is 5.73. The van der Waals surface area contributed by atoms with Crippen LogP contribution in [0.1, 0.15) is 11.1 Å². The predicted octanol–water partition coefficient (Wildman–Crippen LogP) is 2.70. The van der Waals surface area contributed by atoms with Crippen LogP contribution >= 0.6 is 12.2 Å². The van der Waals surface area contributed by atoms with E-state index in [-0.39, 0.29) is 15.0 Å². The Morgan fingerprint density at radius 3 is 2.19 bits per heavy atom. The fourth-order valence-electron chi connectivity index (χ4n) is 1.34. The molecule has 80 valence electrons. The molecule has 0 radical (unpaired) electrons. The Balaban J connectivity index is 2.12. The van der Waals surface area contributed by atoms with Crippen LogP contribution in [0, 0.1) is 6.92 Å². The van der Waals surface area contributed by atoms with Crippen molar-refractivity contribution in [2.75, 3.05) is 0 Å². The second kappa shape index (κ2) is 5.40. The minimum absolute atomic E-state index is 0.256. The summed E-state index contributed by atoms with van der Waals surface area (Å²) < 4.78 is 2.40. The van der Waals surface area contributed by atoms with Crippen molar-refractivity contribution in [3.8, 4) is 0 Å². The van der Waals surface area contributed by atoms with Crippen LogP contribution in [-0.2, 0) is 0 Å². The molecule has 2 aromatic rings. The van der Waals surface area contributed by atoms with Gasteiger partial charge in [0.2, 0.25) is 0 Å².